The Hall–Kier alpha value is -2.37. The lowest BCUT2D eigenvalue weighted by Crippen LogP contribution is -2.31. The van der Waals surface area contributed by atoms with Gasteiger partial charge >= 0.3 is 0 Å². The van der Waals surface area contributed by atoms with Crippen molar-refractivity contribution in [3.63, 3.8) is 0 Å². The first kappa shape index (κ1) is 16.1. The van der Waals surface area contributed by atoms with Crippen LogP contribution in [-0.4, -0.2) is 29.3 Å². The standard InChI is InChI=1S/C20H22N2O3/c1-2-6-16(7-3-1)20-12-19(25-21-20)15-22(13-17-8-4-10-23-17)14-18-9-5-11-24-18/h1-4,6-8,10,12,18H,5,9,11,13-15H2. The third-order valence-corrected chi connectivity index (χ3v) is 4.45. The first-order chi connectivity index (χ1) is 12.4. The highest BCUT2D eigenvalue weighted by Gasteiger charge is 2.21. The smallest absolute Gasteiger partial charge is 0.151 e. The van der Waals surface area contributed by atoms with Crippen molar-refractivity contribution < 1.29 is 13.7 Å². The summed E-state index contributed by atoms with van der Waals surface area (Å²) >= 11 is 0. The summed E-state index contributed by atoms with van der Waals surface area (Å²) in [6.45, 7) is 3.14. The molecular formula is C20H22N2O3. The Bertz CT molecular complexity index is 761. The SMILES string of the molecule is c1ccc(-c2cc(CN(Cc3ccco3)CC3CCCO3)on2)cc1. The first-order valence-electron chi connectivity index (χ1n) is 8.74. The molecule has 1 atom stereocenters. The number of hydrogen-bond acceptors (Lipinski definition) is 5. The molecular weight excluding hydrogens is 316 g/mol. The Morgan fingerprint density at radius 2 is 1.92 bits per heavy atom. The van der Waals surface area contributed by atoms with Crippen molar-refractivity contribution in [1.82, 2.24) is 10.1 Å². The van der Waals surface area contributed by atoms with Crippen molar-refractivity contribution >= 4 is 0 Å². The minimum Gasteiger partial charge on any atom is -0.468 e. The molecule has 0 spiro atoms. The molecule has 5 heteroatoms. The molecule has 0 N–H and O–H groups in total. The zero-order valence-electron chi connectivity index (χ0n) is 14.1. The molecule has 0 radical (unpaired) electrons. The summed E-state index contributed by atoms with van der Waals surface area (Å²) in [6.07, 6.45) is 4.24. The van der Waals surface area contributed by atoms with Crippen LogP contribution in [0.3, 0.4) is 0 Å². The molecule has 1 aromatic carbocycles. The number of aromatic nitrogens is 1. The molecule has 0 saturated carbocycles. The molecule has 5 nitrogen and oxygen atoms in total. The van der Waals surface area contributed by atoms with Crippen LogP contribution >= 0.6 is 0 Å². The molecule has 1 aliphatic heterocycles. The monoisotopic (exact) mass is 338 g/mol. The lowest BCUT2D eigenvalue weighted by atomic mass is 10.1. The van der Waals surface area contributed by atoms with E-state index >= 15 is 0 Å². The van der Waals surface area contributed by atoms with Crippen molar-refractivity contribution in [2.75, 3.05) is 13.2 Å². The van der Waals surface area contributed by atoms with Gasteiger partial charge in [0.1, 0.15) is 11.5 Å². The van der Waals surface area contributed by atoms with Gasteiger partial charge in [-0.25, -0.2) is 0 Å². The van der Waals surface area contributed by atoms with Gasteiger partial charge in [0.25, 0.3) is 0 Å². The third kappa shape index (κ3) is 4.18. The van der Waals surface area contributed by atoms with Gasteiger partial charge in [-0.05, 0) is 25.0 Å². The maximum absolute atomic E-state index is 5.80. The van der Waals surface area contributed by atoms with Gasteiger partial charge < -0.3 is 13.7 Å². The molecule has 1 unspecified atom stereocenters. The summed E-state index contributed by atoms with van der Waals surface area (Å²) in [5, 5.41) is 4.21. The first-order valence-corrected chi connectivity index (χ1v) is 8.74. The van der Waals surface area contributed by atoms with Crippen molar-refractivity contribution in [3.05, 3.63) is 66.3 Å². The molecule has 130 valence electrons. The van der Waals surface area contributed by atoms with Crippen LogP contribution < -0.4 is 0 Å². The number of rotatable bonds is 7. The number of nitrogens with zero attached hydrogens (tertiary/aromatic N) is 2. The highest BCUT2D eigenvalue weighted by Crippen LogP contribution is 2.21. The second kappa shape index (κ2) is 7.68. The normalized spacial score (nSPS) is 17.4. The van der Waals surface area contributed by atoms with Gasteiger partial charge in [0.05, 0.1) is 25.5 Å². The Balaban J connectivity index is 1.46. The average Bonchev–Trinajstić information content (AvgIpc) is 3.38. The van der Waals surface area contributed by atoms with E-state index < -0.39 is 0 Å². The Labute approximate surface area is 147 Å². The van der Waals surface area contributed by atoms with Gasteiger partial charge in [0.2, 0.25) is 0 Å². The van der Waals surface area contributed by atoms with Crippen LogP contribution in [0.25, 0.3) is 11.3 Å². The maximum atomic E-state index is 5.80. The van der Waals surface area contributed by atoms with Gasteiger partial charge in [-0.3, -0.25) is 4.90 Å². The zero-order chi connectivity index (χ0) is 16.9. The summed E-state index contributed by atoms with van der Waals surface area (Å²) < 4.78 is 16.9. The fourth-order valence-corrected chi connectivity index (χ4v) is 3.24. The van der Waals surface area contributed by atoms with Gasteiger partial charge in [0.15, 0.2) is 5.76 Å². The minimum atomic E-state index is 0.284. The fourth-order valence-electron chi connectivity index (χ4n) is 3.24. The predicted molar refractivity (Wildman–Crippen MR) is 93.7 cm³/mol. The molecule has 1 aliphatic rings. The summed E-state index contributed by atoms with van der Waals surface area (Å²) in [4.78, 5) is 2.30. The van der Waals surface area contributed by atoms with E-state index in [2.05, 4.69) is 10.1 Å². The predicted octanol–water partition coefficient (Wildman–Crippen LogP) is 4.12. The highest BCUT2D eigenvalue weighted by atomic mass is 16.5. The van der Waals surface area contributed by atoms with Crippen LogP contribution in [0.4, 0.5) is 0 Å². The fraction of sp³-hybridized carbons (Fsp3) is 0.350. The van der Waals surface area contributed by atoms with Crippen LogP contribution in [0.5, 0.6) is 0 Å². The van der Waals surface area contributed by atoms with Gasteiger partial charge in [0, 0.05) is 24.8 Å². The highest BCUT2D eigenvalue weighted by molar-refractivity contribution is 5.58. The zero-order valence-corrected chi connectivity index (χ0v) is 14.1. The van der Waals surface area contributed by atoms with E-state index in [1.807, 2.05) is 48.5 Å². The van der Waals surface area contributed by atoms with E-state index in [9.17, 15) is 0 Å². The number of furan rings is 1. The van der Waals surface area contributed by atoms with Gasteiger partial charge in [-0.2, -0.15) is 0 Å². The van der Waals surface area contributed by atoms with E-state index in [4.69, 9.17) is 13.7 Å². The van der Waals surface area contributed by atoms with E-state index in [0.29, 0.717) is 6.54 Å². The number of benzene rings is 1. The molecule has 25 heavy (non-hydrogen) atoms. The van der Waals surface area contributed by atoms with E-state index in [1.54, 1.807) is 6.26 Å². The number of hydrogen-bond donors (Lipinski definition) is 0. The maximum Gasteiger partial charge on any atom is 0.151 e. The average molecular weight is 338 g/mol. The Kier molecular flexibility index (Phi) is 4.95. The van der Waals surface area contributed by atoms with Gasteiger partial charge in [-0.1, -0.05) is 35.5 Å². The quantitative estimate of drug-likeness (QED) is 0.649. The topological polar surface area (TPSA) is 51.6 Å². The van der Waals surface area contributed by atoms with Crippen molar-refractivity contribution in [3.8, 4) is 11.3 Å². The largest absolute Gasteiger partial charge is 0.468 e. The molecule has 1 fully saturated rings. The second-order valence-corrected chi connectivity index (χ2v) is 6.43. The molecule has 0 aliphatic carbocycles. The summed E-state index contributed by atoms with van der Waals surface area (Å²) in [7, 11) is 0. The second-order valence-electron chi connectivity index (χ2n) is 6.43. The van der Waals surface area contributed by atoms with Crippen LogP contribution in [-0.2, 0) is 17.8 Å². The van der Waals surface area contributed by atoms with E-state index in [-0.39, 0.29) is 6.10 Å². The molecule has 0 bridgehead atoms. The van der Waals surface area contributed by atoms with Crippen molar-refractivity contribution in [1.29, 1.82) is 0 Å². The Morgan fingerprint density at radius 3 is 2.68 bits per heavy atom. The molecule has 2 aromatic heterocycles. The van der Waals surface area contributed by atoms with Crippen LogP contribution in [0, 0.1) is 0 Å². The summed E-state index contributed by atoms with van der Waals surface area (Å²) in [5.41, 5.74) is 1.93. The minimum absolute atomic E-state index is 0.284. The lowest BCUT2D eigenvalue weighted by Gasteiger charge is -2.23. The van der Waals surface area contributed by atoms with Gasteiger partial charge in [-0.15, -0.1) is 0 Å². The van der Waals surface area contributed by atoms with E-state index in [1.165, 1.54) is 0 Å². The molecule has 4 rings (SSSR count). The summed E-state index contributed by atoms with van der Waals surface area (Å²) in [5.74, 6) is 1.80. The molecule has 0 amide bonds. The Morgan fingerprint density at radius 1 is 1.04 bits per heavy atom. The van der Waals surface area contributed by atoms with Crippen LogP contribution in [0.2, 0.25) is 0 Å². The molecule has 3 aromatic rings. The lowest BCUT2D eigenvalue weighted by molar-refractivity contribution is 0.0622. The van der Waals surface area contributed by atoms with Crippen LogP contribution in [0.1, 0.15) is 24.4 Å². The summed E-state index contributed by atoms with van der Waals surface area (Å²) in [6, 6.07) is 16.0. The number of ether oxygens (including phenoxy) is 1. The third-order valence-electron chi connectivity index (χ3n) is 4.45. The van der Waals surface area contributed by atoms with E-state index in [0.717, 1.165) is 55.3 Å². The molecule has 3 heterocycles. The molecule has 1 saturated heterocycles. The van der Waals surface area contributed by atoms with Crippen molar-refractivity contribution in [2.45, 2.75) is 32.0 Å². The van der Waals surface area contributed by atoms with Crippen LogP contribution in [0.15, 0.2) is 63.7 Å². The van der Waals surface area contributed by atoms with Crippen molar-refractivity contribution in [2.24, 2.45) is 0 Å².